The van der Waals surface area contributed by atoms with Crippen LogP contribution in [0.25, 0.3) is 0 Å². The van der Waals surface area contributed by atoms with Crippen LogP contribution in [-0.4, -0.2) is 37.1 Å². The fourth-order valence-electron chi connectivity index (χ4n) is 2.99. The van der Waals surface area contributed by atoms with Crippen LogP contribution in [0, 0.1) is 5.92 Å². The number of carbonyl (C=O) groups excluding carboxylic acids is 3. The molecule has 142 valence electrons. The van der Waals surface area contributed by atoms with Crippen molar-refractivity contribution in [3.05, 3.63) is 12.2 Å². The summed E-state index contributed by atoms with van der Waals surface area (Å²) in [5.41, 5.74) is 0. The minimum atomic E-state index is -0.470. The maximum Gasteiger partial charge on any atom is 0.325 e. The minimum absolute atomic E-state index is 0.0760. The Bertz CT molecular complexity index is 449. The van der Waals surface area contributed by atoms with Crippen LogP contribution >= 0.6 is 0 Å². The highest BCUT2D eigenvalue weighted by Gasteiger charge is 2.43. The van der Waals surface area contributed by atoms with Gasteiger partial charge in [-0.15, -0.1) is 0 Å². The van der Waals surface area contributed by atoms with Crippen LogP contribution in [0.4, 0.5) is 0 Å². The highest BCUT2D eigenvalue weighted by Crippen LogP contribution is 2.32. The van der Waals surface area contributed by atoms with Crippen molar-refractivity contribution in [2.24, 2.45) is 5.92 Å². The van der Waals surface area contributed by atoms with Crippen molar-refractivity contribution in [2.45, 2.75) is 77.4 Å². The first-order chi connectivity index (χ1) is 12.1. The van der Waals surface area contributed by atoms with E-state index in [2.05, 4.69) is 12.2 Å². The van der Waals surface area contributed by atoms with Gasteiger partial charge in [-0.05, 0) is 26.2 Å². The maximum atomic E-state index is 11.8. The lowest BCUT2D eigenvalue weighted by molar-refractivity contribution is -0.190. The van der Waals surface area contributed by atoms with E-state index in [1.807, 2.05) is 19.1 Å². The Morgan fingerprint density at radius 3 is 2.80 bits per heavy atom. The van der Waals surface area contributed by atoms with Crippen LogP contribution in [0.5, 0.6) is 0 Å². The SMILES string of the molecule is C/C=C/CC[C@H](CC1OC(=O)[C@H]1CCCCCC)OC(=O)CNC=O. The molecule has 0 bridgehead atoms. The molecule has 1 aliphatic heterocycles. The van der Waals surface area contributed by atoms with E-state index in [1.165, 1.54) is 6.42 Å². The van der Waals surface area contributed by atoms with E-state index in [0.29, 0.717) is 19.3 Å². The van der Waals surface area contributed by atoms with Gasteiger partial charge in [-0.3, -0.25) is 14.4 Å². The lowest BCUT2D eigenvalue weighted by Gasteiger charge is -2.37. The molecule has 1 rings (SSSR count). The molecule has 25 heavy (non-hydrogen) atoms. The van der Waals surface area contributed by atoms with Crippen LogP contribution in [-0.2, 0) is 23.9 Å². The predicted octanol–water partition coefficient (Wildman–Crippen LogP) is 2.90. The number of amides is 1. The van der Waals surface area contributed by atoms with E-state index in [4.69, 9.17) is 9.47 Å². The highest BCUT2D eigenvalue weighted by molar-refractivity contribution is 5.78. The largest absolute Gasteiger partial charge is 0.461 e. The Balaban J connectivity index is 2.48. The molecule has 6 nitrogen and oxygen atoms in total. The molecule has 1 heterocycles. The Morgan fingerprint density at radius 2 is 2.16 bits per heavy atom. The molecule has 0 aromatic heterocycles. The fraction of sp³-hybridized carbons (Fsp3) is 0.737. The zero-order chi connectivity index (χ0) is 18.5. The lowest BCUT2D eigenvalue weighted by Crippen LogP contribution is -2.47. The van der Waals surface area contributed by atoms with Gasteiger partial charge >= 0.3 is 11.9 Å². The number of esters is 2. The van der Waals surface area contributed by atoms with Crippen LogP contribution in [0.1, 0.15) is 65.2 Å². The van der Waals surface area contributed by atoms with Gasteiger partial charge in [0.25, 0.3) is 0 Å². The number of cyclic esters (lactones) is 1. The first-order valence-corrected chi connectivity index (χ1v) is 9.30. The van der Waals surface area contributed by atoms with Gasteiger partial charge in [0.15, 0.2) is 0 Å². The lowest BCUT2D eigenvalue weighted by atomic mass is 9.86. The summed E-state index contributed by atoms with van der Waals surface area (Å²) in [6.45, 7) is 3.95. The average Bonchev–Trinajstić information content (AvgIpc) is 2.59. The third-order valence-electron chi connectivity index (χ3n) is 4.40. The second-order valence-corrected chi connectivity index (χ2v) is 6.42. The second-order valence-electron chi connectivity index (χ2n) is 6.42. The molecular formula is C19H31NO5. The molecular weight excluding hydrogens is 322 g/mol. The summed E-state index contributed by atoms with van der Waals surface area (Å²) < 4.78 is 10.7. The van der Waals surface area contributed by atoms with E-state index >= 15 is 0 Å². The van der Waals surface area contributed by atoms with Gasteiger partial charge < -0.3 is 14.8 Å². The minimum Gasteiger partial charge on any atom is -0.461 e. The smallest absolute Gasteiger partial charge is 0.325 e. The Morgan fingerprint density at radius 1 is 1.36 bits per heavy atom. The molecule has 0 spiro atoms. The topological polar surface area (TPSA) is 81.7 Å². The number of carbonyl (C=O) groups is 3. The molecule has 0 radical (unpaired) electrons. The summed E-state index contributed by atoms with van der Waals surface area (Å²) in [6, 6.07) is 0. The third-order valence-corrected chi connectivity index (χ3v) is 4.40. The zero-order valence-electron chi connectivity index (χ0n) is 15.4. The molecule has 1 saturated heterocycles. The summed E-state index contributed by atoms with van der Waals surface area (Å²) in [5, 5.41) is 2.30. The Labute approximate surface area is 150 Å². The van der Waals surface area contributed by atoms with Gasteiger partial charge in [-0.1, -0.05) is 44.8 Å². The van der Waals surface area contributed by atoms with Gasteiger partial charge in [0, 0.05) is 6.42 Å². The molecule has 1 amide bonds. The number of nitrogens with one attached hydrogen (secondary N) is 1. The average molecular weight is 353 g/mol. The van der Waals surface area contributed by atoms with Gasteiger partial charge in [0.2, 0.25) is 6.41 Å². The first kappa shape index (κ1) is 21.2. The Kier molecular flexibility index (Phi) is 10.6. The van der Waals surface area contributed by atoms with Gasteiger partial charge in [-0.25, -0.2) is 0 Å². The van der Waals surface area contributed by atoms with Crippen LogP contribution in [0.15, 0.2) is 12.2 Å². The van der Waals surface area contributed by atoms with Crippen molar-refractivity contribution >= 4 is 18.3 Å². The first-order valence-electron chi connectivity index (χ1n) is 9.30. The normalized spacial score (nSPS) is 20.6. The summed E-state index contributed by atoms with van der Waals surface area (Å²) in [5.74, 6) is -0.682. The van der Waals surface area contributed by atoms with Crippen molar-refractivity contribution < 1.29 is 23.9 Å². The molecule has 3 atom stereocenters. The second kappa shape index (κ2) is 12.5. The maximum absolute atomic E-state index is 11.8. The van der Waals surface area contributed by atoms with Crippen LogP contribution in [0.3, 0.4) is 0 Å². The zero-order valence-corrected chi connectivity index (χ0v) is 15.4. The summed E-state index contributed by atoms with van der Waals surface area (Å²) >= 11 is 0. The molecule has 1 fully saturated rings. The summed E-state index contributed by atoms with van der Waals surface area (Å²) in [4.78, 5) is 33.8. The number of hydrogen-bond donors (Lipinski definition) is 1. The molecule has 1 aliphatic rings. The number of unbranched alkanes of at least 4 members (excludes halogenated alkanes) is 3. The summed E-state index contributed by atoms with van der Waals surface area (Å²) in [6.07, 6.45) is 11.3. The number of rotatable bonds is 14. The molecule has 0 aromatic carbocycles. The molecule has 0 aromatic rings. The fourth-order valence-corrected chi connectivity index (χ4v) is 2.99. The molecule has 0 saturated carbocycles. The van der Waals surface area contributed by atoms with Gasteiger partial charge in [0.05, 0.1) is 5.92 Å². The van der Waals surface area contributed by atoms with Crippen molar-refractivity contribution in [1.82, 2.24) is 5.32 Å². The van der Waals surface area contributed by atoms with E-state index in [9.17, 15) is 14.4 Å². The van der Waals surface area contributed by atoms with Crippen molar-refractivity contribution in [1.29, 1.82) is 0 Å². The van der Waals surface area contributed by atoms with E-state index < -0.39 is 5.97 Å². The van der Waals surface area contributed by atoms with E-state index in [1.54, 1.807) is 0 Å². The summed E-state index contributed by atoms with van der Waals surface area (Å²) in [7, 11) is 0. The Hall–Kier alpha value is -1.85. The van der Waals surface area contributed by atoms with Crippen molar-refractivity contribution in [3.8, 4) is 0 Å². The van der Waals surface area contributed by atoms with Gasteiger partial charge in [-0.2, -0.15) is 0 Å². The van der Waals surface area contributed by atoms with E-state index in [-0.39, 0.29) is 30.6 Å². The van der Waals surface area contributed by atoms with Crippen molar-refractivity contribution in [2.75, 3.05) is 6.54 Å². The quantitative estimate of drug-likeness (QED) is 0.225. The molecule has 6 heteroatoms. The van der Waals surface area contributed by atoms with E-state index in [0.717, 1.165) is 32.1 Å². The predicted molar refractivity (Wildman–Crippen MR) is 94.7 cm³/mol. The van der Waals surface area contributed by atoms with Crippen LogP contribution < -0.4 is 5.32 Å². The number of hydrogen-bond acceptors (Lipinski definition) is 5. The third kappa shape index (κ3) is 8.18. The molecule has 0 aliphatic carbocycles. The van der Waals surface area contributed by atoms with Crippen molar-refractivity contribution in [3.63, 3.8) is 0 Å². The number of ether oxygens (including phenoxy) is 2. The number of allylic oxidation sites excluding steroid dienone is 2. The van der Waals surface area contributed by atoms with Gasteiger partial charge in [0.1, 0.15) is 18.8 Å². The monoisotopic (exact) mass is 353 g/mol. The standard InChI is InChI=1S/C19H31NO5/c1-3-5-7-9-11-16-17(25-19(16)23)12-15(10-8-6-4-2)24-18(22)13-20-14-21/h4,6,14-17H,3,5,7-13H2,1-2H3,(H,20,21)/b6-4+/t15-,16+,17?/m1/s1. The van der Waals surface area contributed by atoms with Crippen LogP contribution in [0.2, 0.25) is 0 Å². The molecule has 1 N–H and O–H groups in total. The highest BCUT2D eigenvalue weighted by atomic mass is 16.6. The molecule has 1 unspecified atom stereocenters.